The molecule has 1 N–H and O–H groups in total. The van der Waals surface area contributed by atoms with Crippen molar-refractivity contribution < 1.29 is 8.91 Å². The van der Waals surface area contributed by atoms with E-state index < -0.39 is 16.9 Å². The monoisotopic (exact) mass is 280 g/mol. The number of benzene rings is 1. The molecule has 1 aromatic carbocycles. The van der Waals surface area contributed by atoms with Gasteiger partial charge in [0.2, 0.25) is 0 Å². The Morgan fingerprint density at radius 3 is 2.00 bits per heavy atom. The molecule has 0 aliphatic carbocycles. The van der Waals surface area contributed by atoms with Crippen LogP contribution in [-0.2, 0) is 4.12 Å². The summed E-state index contributed by atoms with van der Waals surface area (Å²) in [6.45, 7) is 10.3. The molecule has 2 nitrogen and oxygen atoms in total. The zero-order valence-corrected chi connectivity index (χ0v) is 13.6. The maximum atomic E-state index is 10.9. The highest BCUT2D eigenvalue weighted by molar-refractivity contribution is 6.92. The lowest BCUT2D eigenvalue weighted by Gasteiger charge is -2.36. The Kier molecular flexibility index (Phi) is 5.53. The Hall–Kier alpha value is -0.686. The van der Waals surface area contributed by atoms with Gasteiger partial charge in [-0.15, -0.1) is 6.58 Å². The van der Waals surface area contributed by atoms with E-state index in [1.54, 1.807) is 5.70 Å². The predicted octanol–water partition coefficient (Wildman–Crippen LogP) is 3.08. The second-order valence-electron chi connectivity index (χ2n) is 4.61. The molecule has 1 atom stereocenters. The SMILES string of the molecule is C=C[Si](O)(O[Si](CC)(CC)CC)c1ccccc1. The molecule has 0 aliphatic rings. The minimum atomic E-state index is -2.97. The zero-order chi connectivity index (χ0) is 13.6. The van der Waals surface area contributed by atoms with Crippen LogP contribution in [0, 0.1) is 0 Å². The van der Waals surface area contributed by atoms with Crippen LogP contribution in [0.15, 0.2) is 42.6 Å². The summed E-state index contributed by atoms with van der Waals surface area (Å²) in [5.74, 6) is 0. The van der Waals surface area contributed by atoms with Crippen molar-refractivity contribution >= 4 is 22.1 Å². The third kappa shape index (κ3) is 3.20. The van der Waals surface area contributed by atoms with Gasteiger partial charge in [-0.1, -0.05) is 51.1 Å². The Morgan fingerprint density at radius 1 is 1.11 bits per heavy atom. The smallest absolute Gasteiger partial charge is 0.386 e. The predicted molar refractivity (Wildman–Crippen MR) is 82.5 cm³/mol. The molecule has 0 saturated heterocycles. The van der Waals surface area contributed by atoms with Gasteiger partial charge >= 0.3 is 8.56 Å². The second-order valence-corrected chi connectivity index (χ2v) is 12.3. The van der Waals surface area contributed by atoms with E-state index in [0.717, 1.165) is 23.3 Å². The Morgan fingerprint density at radius 2 is 1.61 bits per heavy atom. The minimum absolute atomic E-state index is 0.896. The maximum absolute atomic E-state index is 10.9. The normalized spacial score (nSPS) is 15.1. The van der Waals surface area contributed by atoms with Crippen LogP contribution in [0.4, 0.5) is 0 Å². The first-order chi connectivity index (χ1) is 8.55. The van der Waals surface area contributed by atoms with Crippen molar-refractivity contribution in [3.05, 3.63) is 42.6 Å². The molecule has 0 heterocycles. The van der Waals surface area contributed by atoms with Gasteiger partial charge < -0.3 is 8.91 Å². The first-order valence-corrected chi connectivity index (χ1v) is 11.1. The van der Waals surface area contributed by atoms with Crippen LogP contribution in [0.2, 0.25) is 18.1 Å². The summed E-state index contributed by atoms with van der Waals surface area (Å²) < 4.78 is 6.32. The van der Waals surface area contributed by atoms with Gasteiger partial charge in [0, 0.05) is 0 Å². The first kappa shape index (κ1) is 15.4. The molecule has 0 fully saturated rings. The van der Waals surface area contributed by atoms with Crippen molar-refractivity contribution in [1.82, 2.24) is 0 Å². The Balaban J connectivity index is 3.06. The van der Waals surface area contributed by atoms with Gasteiger partial charge in [0.25, 0.3) is 0 Å². The van der Waals surface area contributed by atoms with E-state index in [4.69, 9.17) is 4.12 Å². The first-order valence-electron chi connectivity index (χ1n) is 6.67. The molecular formula is C14H24O2Si2. The molecule has 1 rings (SSSR count). The van der Waals surface area contributed by atoms with Crippen LogP contribution < -0.4 is 5.19 Å². The Labute approximate surface area is 113 Å². The van der Waals surface area contributed by atoms with Crippen molar-refractivity contribution in [2.45, 2.75) is 38.9 Å². The fraction of sp³-hybridized carbons (Fsp3) is 0.429. The van der Waals surface area contributed by atoms with Crippen molar-refractivity contribution in [2.24, 2.45) is 0 Å². The standard InChI is InChI=1S/C14H24O2Si2/c1-5-17(6-2,7-3)16-18(15,8-4)14-12-10-9-11-13-14/h8-13,15H,4-7H2,1-3H3. The maximum Gasteiger partial charge on any atom is 0.386 e. The molecule has 0 aromatic heterocycles. The quantitative estimate of drug-likeness (QED) is 0.778. The molecular weight excluding hydrogens is 256 g/mol. The lowest BCUT2D eigenvalue weighted by atomic mass is 10.4. The van der Waals surface area contributed by atoms with Crippen molar-refractivity contribution in [2.75, 3.05) is 0 Å². The van der Waals surface area contributed by atoms with Gasteiger partial charge in [-0.05, 0) is 29.0 Å². The summed E-state index contributed by atoms with van der Waals surface area (Å²) in [5, 5.41) is 0.896. The van der Waals surface area contributed by atoms with Crippen LogP contribution in [0.1, 0.15) is 20.8 Å². The topological polar surface area (TPSA) is 29.5 Å². The molecule has 100 valence electrons. The lowest BCUT2D eigenvalue weighted by Crippen LogP contribution is -2.57. The van der Waals surface area contributed by atoms with Crippen LogP contribution in [-0.4, -0.2) is 21.7 Å². The molecule has 0 saturated carbocycles. The lowest BCUT2D eigenvalue weighted by molar-refractivity contribution is 0.396. The molecule has 0 radical (unpaired) electrons. The van der Waals surface area contributed by atoms with Crippen LogP contribution in [0.3, 0.4) is 0 Å². The molecule has 1 aromatic rings. The second kappa shape index (κ2) is 6.47. The molecule has 0 amide bonds. The van der Waals surface area contributed by atoms with E-state index in [9.17, 15) is 4.80 Å². The van der Waals surface area contributed by atoms with Crippen molar-refractivity contribution in [1.29, 1.82) is 0 Å². The summed E-state index contributed by atoms with van der Waals surface area (Å²) in [7, 11) is -4.79. The van der Waals surface area contributed by atoms with E-state index in [2.05, 4.69) is 27.4 Å². The van der Waals surface area contributed by atoms with Crippen LogP contribution in [0.5, 0.6) is 0 Å². The average molecular weight is 281 g/mol. The summed E-state index contributed by atoms with van der Waals surface area (Å²) in [6.07, 6.45) is 0. The van der Waals surface area contributed by atoms with Gasteiger partial charge in [0.15, 0.2) is 8.32 Å². The largest absolute Gasteiger partial charge is 0.429 e. The van der Waals surface area contributed by atoms with E-state index in [1.807, 2.05) is 30.3 Å². The number of rotatable bonds is 7. The fourth-order valence-corrected chi connectivity index (χ4v) is 9.78. The van der Waals surface area contributed by atoms with Crippen molar-refractivity contribution in [3.8, 4) is 0 Å². The van der Waals surface area contributed by atoms with Gasteiger partial charge in [-0.2, -0.15) is 0 Å². The minimum Gasteiger partial charge on any atom is -0.429 e. The fourth-order valence-electron chi connectivity index (χ4n) is 2.19. The third-order valence-corrected chi connectivity index (χ3v) is 12.3. The highest BCUT2D eigenvalue weighted by atomic mass is 28.4. The van der Waals surface area contributed by atoms with E-state index >= 15 is 0 Å². The van der Waals surface area contributed by atoms with Crippen LogP contribution in [0.25, 0.3) is 0 Å². The number of hydrogen-bond donors (Lipinski definition) is 1. The van der Waals surface area contributed by atoms with E-state index in [1.165, 1.54) is 0 Å². The molecule has 18 heavy (non-hydrogen) atoms. The third-order valence-electron chi connectivity index (χ3n) is 3.77. The Bertz CT molecular complexity index is 368. The molecule has 1 unspecified atom stereocenters. The number of hydrogen-bond acceptors (Lipinski definition) is 2. The van der Waals surface area contributed by atoms with Gasteiger partial charge in [-0.3, -0.25) is 0 Å². The van der Waals surface area contributed by atoms with Gasteiger partial charge in [0.05, 0.1) is 0 Å². The summed E-state index contributed by atoms with van der Waals surface area (Å²) in [6, 6.07) is 12.8. The van der Waals surface area contributed by atoms with Gasteiger partial charge in [0.1, 0.15) is 0 Å². The highest BCUT2D eigenvalue weighted by Gasteiger charge is 2.42. The molecule has 0 bridgehead atoms. The molecule has 0 spiro atoms. The molecule has 0 aliphatic heterocycles. The highest BCUT2D eigenvalue weighted by Crippen LogP contribution is 2.25. The molecule has 4 heteroatoms. The van der Waals surface area contributed by atoms with Crippen molar-refractivity contribution in [3.63, 3.8) is 0 Å². The van der Waals surface area contributed by atoms with E-state index in [0.29, 0.717) is 0 Å². The zero-order valence-electron chi connectivity index (χ0n) is 11.6. The average Bonchev–Trinajstić information content (AvgIpc) is 2.46. The van der Waals surface area contributed by atoms with E-state index in [-0.39, 0.29) is 0 Å². The summed E-state index contributed by atoms with van der Waals surface area (Å²) >= 11 is 0. The van der Waals surface area contributed by atoms with Crippen LogP contribution >= 0.6 is 0 Å². The van der Waals surface area contributed by atoms with Gasteiger partial charge in [-0.25, -0.2) is 0 Å². The summed E-state index contributed by atoms with van der Waals surface area (Å²) in [5.41, 5.74) is 1.64. The summed E-state index contributed by atoms with van der Waals surface area (Å²) in [4.78, 5) is 10.9.